The molecule has 1 aromatic carbocycles. The lowest BCUT2D eigenvalue weighted by Gasteiger charge is -2.11. The molecule has 1 heterocycles. The molecule has 21 heavy (non-hydrogen) atoms. The summed E-state index contributed by atoms with van der Waals surface area (Å²) >= 11 is 0. The first kappa shape index (κ1) is 14.4. The number of rotatable bonds is 6. The quantitative estimate of drug-likeness (QED) is 0.717. The van der Waals surface area contributed by atoms with E-state index in [9.17, 15) is 9.59 Å². The second-order valence-corrected chi connectivity index (χ2v) is 4.05. The third-order valence-corrected chi connectivity index (χ3v) is 2.54. The summed E-state index contributed by atoms with van der Waals surface area (Å²) in [6.07, 6.45) is 1.52. The van der Waals surface area contributed by atoms with Gasteiger partial charge in [-0.1, -0.05) is 0 Å². The number of primary amides is 1. The van der Waals surface area contributed by atoms with E-state index in [4.69, 9.17) is 15.2 Å². The number of ether oxygens (including phenoxy) is 2. The molecular weight excluding hydrogens is 276 g/mol. The molecule has 2 aromatic rings. The lowest BCUT2D eigenvalue weighted by atomic mass is 10.2. The van der Waals surface area contributed by atoms with Crippen molar-refractivity contribution >= 4 is 17.6 Å². The van der Waals surface area contributed by atoms with Gasteiger partial charge in [0.25, 0.3) is 11.8 Å². The van der Waals surface area contributed by atoms with Gasteiger partial charge in [0.05, 0.1) is 13.3 Å². The number of aromatic amines is 1. The van der Waals surface area contributed by atoms with Crippen LogP contribution in [0.3, 0.4) is 0 Å². The van der Waals surface area contributed by atoms with E-state index in [1.165, 1.54) is 25.4 Å². The maximum atomic E-state index is 12.0. The number of methoxy groups -OCH3 is 1. The zero-order valence-corrected chi connectivity index (χ0v) is 11.3. The normalized spacial score (nSPS) is 9.95. The average Bonchev–Trinajstić information content (AvgIpc) is 2.97. The number of aromatic nitrogens is 2. The number of carbonyl (C=O) groups excluding carboxylic acids is 2. The number of nitrogens with zero attached hydrogens (tertiary/aromatic N) is 1. The number of anilines is 1. The van der Waals surface area contributed by atoms with Crippen LogP contribution in [0.1, 0.15) is 10.4 Å². The highest BCUT2D eigenvalue weighted by atomic mass is 16.5. The number of hydrogen-bond donors (Lipinski definition) is 3. The fourth-order valence-corrected chi connectivity index (χ4v) is 1.60. The Balaban J connectivity index is 2.14. The van der Waals surface area contributed by atoms with Gasteiger partial charge in [0.2, 0.25) is 0 Å². The number of carbonyl (C=O) groups is 2. The number of benzene rings is 1. The van der Waals surface area contributed by atoms with Crippen LogP contribution in [0.5, 0.6) is 11.5 Å². The molecule has 0 fully saturated rings. The highest BCUT2D eigenvalue weighted by molar-refractivity contribution is 6.04. The van der Waals surface area contributed by atoms with Gasteiger partial charge in [-0.05, 0) is 18.2 Å². The molecular formula is C13H14N4O4. The van der Waals surface area contributed by atoms with Crippen LogP contribution in [0.15, 0.2) is 30.5 Å². The van der Waals surface area contributed by atoms with Gasteiger partial charge in [-0.15, -0.1) is 0 Å². The van der Waals surface area contributed by atoms with E-state index in [2.05, 4.69) is 15.5 Å². The van der Waals surface area contributed by atoms with Crippen LogP contribution < -0.4 is 20.5 Å². The molecule has 0 atom stereocenters. The maximum Gasteiger partial charge on any atom is 0.256 e. The van der Waals surface area contributed by atoms with Crippen LogP contribution in [0.25, 0.3) is 0 Å². The van der Waals surface area contributed by atoms with Gasteiger partial charge in [-0.3, -0.25) is 14.7 Å². The van der Waals surface area contributed by atoms with Crippen LogP contribution in [-0.4, -0.2) is 35.7 Å². The predicted molar refractivity (Wildman–Crippen MR) is 74.2 cm³/mol. The largest absolute Gasteiger partial charge is 0.493 e. The second-order valence-electron chi connectivity index (χ2n) is 4.05. The van der Waals surface area contributed by atoms with E-state index in [0.29, 0.717) is 22.9 Å². The van der Waals surface area contributed by atoms with Crippen molar-refractivity contribution in [1.82, 2.24) is 10.2 Å². The second kappa shape index (κ2) is 6.42. The summed E-state index contributed by atoms with van der Waals surface area (Å²) in [5.74, 6) is 0.202. The van der Waals surface area contributed by atoms with Crippen molar-refractivity contribution in [2.45, 2.75) is 0 Å². The zero-order valence-electron chi connectivity index (χ0n) is 11.3. The molecule has 4 N–H and O–H groups in total. The lowest BCUT2D eigenvalue weighted by Crippen LogP contribution is -2.20. The predicted octanol–water partition coefficient (Wildman–Crippen LogP) is 0.535. The van der Waals surface area contributed by atoms with E-state index >= 15 is 0 Å². The van der Waals surface area contributed by atoms with Gasteiger partial charge in [0, 0.05) is 11.6 Å². The molecule has 0 aliphatic rings. The highest BCUT2D eigenvalue weighted by Gasteiger charge is 2.12. The van der Waals surface area contributed by atoms with Gasteiger partial charge < -0.3 is 20.5 Å². The molecule has 0 saturated carbocycles. The fraction of sp³-hybridized carbons (Fsp3) is 0.154. The molecule has 1 aromatic heterocycles. The average molecular weight is 290 g/mol. The summed E-state index contributed by atoms with van der Waals surface area (Å²) in [6.45, 7) is -0.268. The lowest BCUT2D eigenvalue weighted by molar-refractivity contribution is -0.119. The van der Waals surface area contributed by atoms with Crippen LogP contribution in [0.4, 0.5) is 5.82 Å². The first-order chi connectivity index (χ1) is 10.1. The minimum atomic E-state index is -0.599. The molecule has 2 rings (SSSR count). The molecule has 0 radical (unpaired) electrons. The highest BCUT2D eigenvalue weighted by Crippen LogP contribution is 2.28. The first-order valence-corrected chi connectivity index (χ1v) is 6.00. The van der Waals surface area contributed by atoms with Crippen LogP contribution in [-0.2, 0) is 4.79 Å². The molecule has 8 nitrogen and oxygen atoms in total. The summed E-state index contributed by atoms with van der Waals surface area (Å²) in [5.41, 5.74) is 5.38. The summed E-state index contributed by atoms with van der Waals surface area (Å²) < 4.78 is 10.3. The summed E-state index contributed by atoms with van der Waals surface area (Å²) in [6, 6.07) is 6.20. The van der Waals surface area contributed by atoms with Crippen molar-refractivity contribution in [3.8, 4) is 11.5 Å². The van der Waals surface area contributed by atoms with Crippen molar-refractivity contribution in [2.24, 2.45) is 5.73 Å². The molecule has 2 amide bonds. The molecule has 0 spiro atoms. The Bertz CT molecular complexity index is 640. The number of H-pyrrole nitrogens is 1. The number of amides is 2. The van der Waals surface area contributed by atoms with Crippen LogP contribution in [0, 0.1) is 0 Å². The Morgan fingerprint density at radius 3 is 2.76 bits per heavy atom. The Morgan fingerprint density at radius 1 is 1.33 bits per heavy atom. The van der Waals surface area contributed by atoms with E-state index in [1.807, 2.05) is 0 Å². The van der Waals surface area contributed by atoms with E-state index in [0.717, 1.165) is 0 Å². The number of nitrogens with two attached hydrogens (primary N) is 1. The molecule has 0 unspecified atom stereocenters. The molecule has 110 valence electrons. The molecule has 0 bridgehead atoms. The Kier molecular flexibility index (Phi) is 4.39. The van der Waals surface area contributed by atoms with Crippen LogP contribution >= 0.6 is 0 Å². The maximum absolute atomic E-state index is 12.0. The van der Waals surface area contributed by atoms with E-state index in [1.54, 1.807) is 12.1 Å². The van der Waals surface area contributed by atoms with Crippen molar-refractivity contribution in [2.75, 3.05) is 19.0 Å². The standard InChI is InChI=1S/C13H14N4O4/c1-20-10-6-8(2-3-9(10)21-7-11(14)18)13(19)16-12-4-5-15-17-12/h2-6H,7H2,1H3,(H2,14,18)(H2,15,16,17,19). The minimum absolute atomic E-state index is 0.268. The summed E-state index contributed by atoms with van der Waals surface area (Å²) in [5, 5.41) is 8.98. The van der Waals surface area contributed by atoms with Gasteiger partial charge in [-0.2, -0.15) is 5.10 Å². The van der Waals surface area contributed by atoms with E-state index in [-0.39, 0.29) is 12.5 Å². The summed E-state index contributed by atoms with van der Waals surface area (Å²) in [4.78, 5) is 22.7. The van der Waals surface area contributed by atoms with Gasteiger partial charge >= 0.3 is 0 Å². The topological polar surface area (TPSA) is 119 Å². The van der Waals surface area contributed by atoms with Crippen molar-refractivity contribution in [1.29, 1.82) is 0 Å². The Hall–Kier alpha value is -3.03. The fourth-order valence-electron chi connectivity index (χ4n) is 1.60. The third-order valence-electron chi connectivity index (χ3n) is 2.54. The monoisotopic (exact) mass is 290 g/mol. The molecule has 0 aliphatic carbocycles. The smallest absolute Gasteiger partial charge is 0.256 e. The van der Waals surface area contributed by atoms with E-state index < -0.39 is 5.91 Å². The SMILES string of the molecule is COc1cc(C(=O)Nc2ccn[nH]2)ccc1OCC(N)=O. The zero-order chi connectivity index (χ0) is 15.2. The third kappa shape index (κ3) is 3.72. The van der Waals surface area contributed by atoms with Crippen molar-refractivity contribution in [3.63, 3.8) is 0 Å². The van der Waals surface area contributed by atoms with Crippen LogP contribution in [0.2, 0.25) is 0 Å². The Morgan fingerprint density at radius 2 is 2.14 bits per heavy atom. The summed E-state index contributed by atoms with van der Waals surface area (Å²) in [7, 11) is 1.43. The Labute approximate surface area is 120 Å². The van der Waals surface area contributed by atoms with Gasteiger partial charge in [-0.25, -0.2) is 0 Å². The van der Waals surface area contributed by atoms with Gasteiger partial charge in [0.15, 0.2) is 18.1 Å². The number of nitrogens with one attached hydrogen (secondary N) is 2. The van der Waals surface area contributed by atoms with Crippen molar-refractivity contribution in [3.05, 3.63) is 36.0 Å². The number of hydrogen-bond acceptors (Lipinski definition) is 5. The molecule has 8 heteroatoms. The van der Waals surface area contributed by atoms with Gasteiger partial charge in [0.1, 0.15) is 5.82 Å². The molecule has 0 saturated heterocycles. The molecule has 0 aliphatic heterocycles. The first-order valence-electron chi connectivity index (χ1n) is 6.00. The minimum Gasteiger partial charge on any atom is -0.493 e. The van der Waals surface area contributed by atoms with Crippen molar-refractivity contribution < 1.29 is 19.1 Å².